The van der Waals surface area contributed by atoms with Crippen LogP contribution in [0, 0.1) is 0 Å². The molecule has 2 heterocycles. The highest BCUT2D eigenvalue weighted by Crippen LogP contribution is 2.32. The van der Waals surface area contributed by atoms with Gasteiger partial charge in [0.1, 0.15) is 5.75 Å². The standard InChI is InChI=1S/C20H17N3O2S/c1-22(14-15-13-19(24)23-11-12-26-20(23)21-15)17-9-5-6-10-18(17)25-16-7-3-2-4-8-16/h2-13H,14H2,1H3. The average Bonchev–Trinajstić information content (AvgIpc) is 3.12. The predicted octanol–water partition coefficient (Wildman–Crippen LogP) is 4.18. The topological polar surface area (TPSA) is 46.8 Å². The molecule has 26 heavy (non-hydrogen) atoms. The fourth-order valence-corrected chi connectivity index (χ4v) is 3.51. The van der Waals surface area contributed by atoms with Crippen LogP contribution in [-0.2, 0) is 6.54 Å². The summed E-state index contributed by atoms with van der Waals surface area (Å²) in [5, 5.41) is 1.86. The van der Waals surface area contributed by atoms with Gasteiger partial charge in [0.25, 0.3) is 5.56 Å². The second-order valence-corrected chi connectivity index (χ2v) is 6.75. The lowest BCUT2D eigenvalue weighted by Gasteiger charge is -2.22. The van der Waals surface area contributed by atoms with Crippen molar-refractivity contribution in [1.82, 2.24) is 9.38 Å². The van der Waals surface area contributed by atoms with Gasteiger partial charge in [0.15, 0.2) is 10.7 Å². The first-order chi connectivity index (χ1) is 12.7. The smallest absolute Gasteiger partial charge is 0.258 e. The number of hydrogen-bond acceptors (Lipinski definition) is 5. The zero-order chi connectivity index (χ0) is 17.9. The van der Waals surface area contributed by atoms with Gasteiger partial charge in [0, 0.05) is 24.7 Å². The van der Waals surface area contributed by atoms with E-state index in [-0.39, 0.29) is 5.56 Å². The lowest BCUT2D eigenvalue weighted by Crippen LogP contribution is -2.21. The number of benzene rings is 2. The van der Waals surface area contributed by atoms with Gasteiger partial charge in [-0.05, 0) is 24.3 Å². The molecular weight excluding hydrogens is 346 g/mol. The van der Waals surface area contributed by atoms with E-state index in [4.69, 9.17) is 4.74 Å². The van der Waals surface area contributed by atoms with E-state index in [1.54, 1.807) is 16.7 Å². The summed E-state index contributed by atoms with van der Waals surface area (Å²) in [5.74, 6) is 1.54. The molecule has 0 bridgehead atoms. The Bertz CT molecular complexity index is 1090. The summed E-state index contributed by atoms with van der Waals surface area (Å²) >= 11 is 1.45. The zero-order valence-corrected chi connectivity index (χ0v) is 15.0. The monoisotopic (exact) mass is 363 g/mol. The summed E-state index contributed by atoms with van der Waals surface area (Å²) in [6.45, 7) is 0.513. The van der Waals surface area contributed by atoms with Gasteiger partial charge in [-0.2, -0.15) is 0 Å². The molecule has 4 aromatic rings. The van der Waals surface area contributed by atoms with Crippen molar-refractivity contribution in [2.75, 3.05) is 11.9 Å². The van der Waals surface area contributed by atoms with E-state index in [2.05, 4.69) is 4.98 Å². The fourth-order valence-electron chi connectivity index (χ4n) is 2.77. The molecule has 0 aliphatic heterocycles. The van der Waals surface area contributed by atoms with E-state index in [0.717, 1.165) is 22.9 Å². The van der Waals surface area contributed by atoms with E-state index in [9.17, 15) is 4.79 Å². The SMILES string of the molecule is CN(Cc1cc(=O)n2ccsc2n1)c1ccccc1Oc1ccccc1. The Balaban J connectivity index is 1.61. The Morgan fingerprint density at radius 3 is 2.73 bits per heavy atom. The third kappa shape index (κ3) is 3.32. The van der Waals surface area contributed by atoms with E-state index < -0.39 is 0 Å². The molecule has 5 nitrogen and oxygen atoms in total. The normalized spacial score (nSPS) is 10.8. The predicted molar refractivity (Wildman–Crippen MR) is 104 cm³/mol. The number of hydrogen-bond donors (Lipinski definition) is 0. The maximum atomic E-state index is 12.2. The number of fused-ring (bicyclic) bond motifs is 1. The van der Waals surface area contributed by atoms with E-state index in [0.29, 0.717) is 11.5 Å². The van der Waals surface area contributed by atoms with E-state index in [1.807, 2.05) is 71.9 Å². The zero-order valence-electron chi connectivity index (χ0n) is 14.2. The molecule has 6 heteroatoms. The number of aromatic nitrogens is 2. The second-order valence-electron chi connectivity index (χ2n) is 5.88. The molecule has 0 N–H and O–H groups in total. The number of nitrogens with zero attached hydrogens (tertiary/aromatic N) is 3. The van der Waals surface area contributed by atoms with Crippen molar-refractivity contribution in [2.45, 2.75) is 6.54 Å². The number of anilines is 1. The van der Waals surface area contributed by atoms with Crippen LogP contribution in [0.5, 0.6) is 11.5 Å². The first kappa shape index (κ1) is 16.4. The summed E-state index contributed by atoms with van der Waals surface area (Å²) in [4.78, 5) is 19.5. The molecule has 130 valence electrons. The van der Waals surface area contributed by atoms with Crippen LogP contribution >= 0.6 is 11.3 Å². The molecule has 0 unspecified atom stereocenters. The van der Waals surface area contributed by atoms with E-state index >= 15 is 0 Å². The number of para-hydroxylation sites is 3. The third-order valence-corrected chi connectivity index (χ3v) is 4.76. The quantitative estimate of drug-likeness (QED) is 0.534. The maximum absolute atomic E-state index is 12.2. The van der Waals surface area contributed by atoms with Crippen molar-refractivity contribution in [3.05, 3.63) is 88.3 Å². The first-order valence-electron chi connectivity index (χ1n) is 8.19. The summed E-state index contributed by atoms with van der Waals surface area (Å²) in [5.41, 5.74) is 1.60. The molecule has 0 fully saturated rings. The van der Waals surface area contributed by atoms with Gasteiger partial charge >= 0.3 is 0 Å². The van der Waals surface area contributed by atoms with Crippen LogP contribution in [0.25, 0.3) is 4.96 Å². The van der Waals surface area contributed by atoms with E-state index in [1.165, 1.54) is 11.3 Å². The van der Waals surface area contributed by atoms with Crippen LogP contribution in [0.4, 0.5) is 5.69 Å². The molecule has 4 rings (SSSR count). The fraction of sp³-hybridized carbons (Fsp3) is 0.100. The molecule has 0 aliphatic carbocycles. The number of ether oxygens (including phenoxy) is 1. The highest BCUT2D eigenvalue weighted by atomic mass is 32.1. The van der Waals surface area contributed by atoms with Crippen LogP contribution in [0.2, 0.25) is 0 Å². The Hall–Kier alpha value is -3.12. The molecule has 0 amide bonds. The molecular formula is C20H17N3O2S. The molecule has 0 saturated heterocycles. The molecule has 0 saturated carbocycles. The molecule has 0 aliphatic rings. The summed E-state index contributed by atoms with van der Waals surface area (Å²) in [6, 6.07) is 19.1. The molecule has 0 radical (unpaired) electrons. The van der Waals surface area contributed by atoms with Crippen molar-refractivity contribution in [3.8, 4) is 11.5 Å². The van der Waals surface area contributed by atoms with Crippen molar-refractivity contribution in [2.24, 2.45) is 0 Å². The summed E-state index contributed by atoms with van der Waals surface area (Å²) in [7, 11) is 1.96. The Morgan fingerprint density at radius 1 is 1.12 bits per heavy atom. The largest absolute Gasteiger partial charge is 0.455 e. The average molecular weight is 363 g/mol. The molecule has 0 spiro atoms. The first-order valence-corrected chi connectivity index (χ1v) is 9.07. The molecule has 2 aromatic carbocycles. The lowest BCUT2D eigenvalue weighted by atomic mass is 10.2. The minimum absolute atomic E-state index is 0.0616. The van der Waals surface area contributed by atoms with Gasteiger partial charge in [-0.25, -0.2) is 4.98 Å². The number of rotatable bonds is 5. The van der Waals surface area contributed by atoms with Crippen LogP contribution in [0.1, 0.15) is 5.69 Å². The summed E-state index contributed by atoms with van der Waals surface area (Å²) in [6.07, 6.45) is 1.74. The van der Waals surface area contributed by atoms with Crippen LogP contribution in [-0.4, -0.2) is 16.4 Å². The Morgan fingerprint density at radius 2 is 1.88 bits per heavy atom. The van der Waals surface area contributed by atoms with Crippen molar-refractivity contribution < 1.29 is 4.74 Å². The Kier molecular flexibility index (Phi) is 4.41. The maximum Gasteiger partial charge on any atom is 0.258 e. The van der Waals surface area contributed by atoms with Crippen LogP contribution < -0.4 is 15.2 Å². The van der Waals surface area contributed by atoms with Crippen molar-refractivity contribution >= 4 is 22.0 Å². The number of thiazole rings is 1. The molecule has 2 aromatic heterocycles. The van der Waals surface area contributed by atoms with Crippen LogP contribution in [0.3, 0.4) is 0 Å². The second kappa shape index (κ2) is 7.01. The van der Waals surface area contributed by atoms with Gasteiger partial charge < -0.3 is 9.64 Å². The highest BCUT2D eigenvalue weighted by molar-refractivity contribution is 7.15. The van der Waals surface area contributed by atoms with Gasteiger partial charge in [-0.15, -0.1) is 11.3 Å². The molecule has 0 atom stereocenters. The third-order valence-electron chi connectivity index (χ3n) is 4.00. The van der Waals surface area contributed by atoms with Gasteiger partial charge in [0.2, 0.25) is 0 Å². The Labute approximate surface area is 154 Å². The lowest BCUT2D eigenvalue weighted by molar-refractivity contribution is 0.482. The van der Waals surface area contributed by atoms with Crippen molar-refractivity contribution in [3.63, 3.8) is 0 Å². The highest BCUT2D eigenvalue weighted by Gasteiger charge is 2.12. The minimum Gasteiger partial charge on any atom is -0.455 e. The van der Waals surface area contributed by atoms with Gasteiger partial charge in [-0.1, -0.05) is 30.3 Å². The van der Waals surface area contributed by atoms with Gasteiger partial charge in [-0.3, -0.25) is 9.20 Å². The summed E-state index contributed by atoms with van der Waals surface area (Å²) < 4.78 is 7.58. The van der Waals surface area contributed by atoms with Gasteiger partial charge in [0.05, 0.1) is 17.9 Å². The minimum atomic E-state index is -0.0616. The van der Waals surface area contributed by atoms with Crippen LogP contribution in [0.15, 0.2) is 77.0 Å². The van der Waals surface area contributed by atoms with Crippen molar-refractivity contribution in [1.29, 1.82) is 0 Å².